The molecule has 0 fully saturated rings. The van der Waals surface area contributed by atoms with Crippen LogP contribution in [0.2, 0.25) is 0 Å². The Morgan fingerprint density at radius 1 is 0.968 bits per heavy atom. The van der Waals surface area contributed by atoms with E-state index in [1.54, 1.807) is 29.6 Å². The standard InChI is InChI=1S/C22H19N5O3S/c28-20(17-8-3-4-10-23-17)26-27-21(29)18(25-22(30)19-9-5-11-31-19)12-14-13-24-16-7-2-1-6-15(14)16/h1-11,13,18,24H,12H2,(H,25,30)(H,26,28)(H,27,29). The first-order valence-corrected chi connectivity index (χ1v) is 10.4. The minimum atomic E-state index is -0.905. The topological polar surface area (TPSA) is 116 Å². The Morgan fingerprint density at radius 2 is 1.81 bits per heavy atom. The zero-order valence-corrected chi connectivity index (χ0v) is 17.1. The number of nitrogens with one attached hydrogen (secondary N) is 4. The Bertz CT molecular complexity index is 1200. The van der Waals surface area contributed by atoms with Crippen LogP contribution in [0.4, 0.5) is 0 Å². The van der Waals surface area contributed by atoms with Gasteiger partial charge in [-0.15, -0.1) is 11.3 Å². The molecule has 3 heterocycles. The number of carbonyl (C=O) groups excluding carboxylic acids is 3. The maximum atomic E-state index is 12.9. The Hall–Kier alpha value is -3.98. The number of hydrogen-bond donors (Lipinski definition) is 4. The molecule has 31 heavy (non-hydrogen) atoms. The number of benzene rings is 1. The predicted octanol–water partition coefficient (Wildman–Crippen LogP) is 2.43. The maximum Gasteiger partial charge on any atom is 0.288 e. The van der Waals surface area contributed by atoms with E-state index in [0.29, 0.717) is 4.88 Å². The molecule has 1 atom stereocenters. The van der Waals surface area contributed by atoms with Crippen LogP contribution in [0.3, 0.4) is 0 Å². The number of nitrogens with zero attached hydrogens (tertiary/aromatic N) is 1. The van der Waals surface area contributed by atoms with Gasteiger partial charge in [0, 0.05) is 29.7 Å². The van der Waals surface area contributed by atoms with Crippen molar-refractivity contribution in [2.75, 3.05) is 0 Å². The molecule has 3 aromatic heterocycles. The fraction of sp³-hybridized carbons (Fsp3) is 0.0909. The second-order valence-electron chi connectivity index (χ2n) is 6.73. The van der Waals surface area contributed by atoms with E-state index in [2.05, 4.69) is 26.1 Å². The summed E-state index contributed by atoms with van der Waals surface area (Å²) in [6, 6.07) is 15.1. The van der Waals surface area contributed by atoms with E-state index in [1.807, 2.05) is 30.5 Å². The first kappa shape index (κ1) is 20.3. The van der Waals surface area contributed by atoms with Gasteiger partial charge in [0.1, 0.15) is 11.7 Å². The first-order valence-electron chi connectivity index (χ1n) is 9.52. The van der Waals surface area contributed by atoms with Crippen molar-refractivity contribution in [3.8, 4) is 0 Å². The largest absolute Gasteiger partial charge is 0.361 e. The normalized spacial score (nSPS) is 11.6. The minimum Gasteiger partial charge on any atom is -0.361 e. The van der Waals surface area contributed by atoms with E-state index in [9.17, 15) is 14.4 Å². The maximum absolute atomic E-state index is 12.9. The summed E-state index contributed by atoms with van der Waals surface area (Å²) in [5, 5.41) is 5.51. The average Bonchev–Trinajstić information content (AvgIpc) is 3.48. The lowest BCUT2D eigenvalue weighted by molar-refractivity contribution is -0.123. The fourth-order valence-corrected chi connectivity index (χ4v) is 3.76. The molecule has 0 saturated carbocycles. The van der Waals surface area contributed by atoms with Crippen molar-refractivity contribution < 1.29 is 14.4 Å². The number of hydrogen-bond acceptors (Lipinski definition) is 5. The van der Waals surface area contributed by atoms with Crippen molar-refractivity contribution in [1.82, 2.24) is 26.1 Å². The molecule has 0 aliphatic heterocycles. The number of hydrazine groups is 1. The van der Waals surface area contributed by atoms with Crippen LogP contribution in [0.25, 0.3) is 10.9 Å². The van der Waals surface area contributed by atoms with Crippen LogP contribution in [0.1, 0.15) is 25.7 Å². The van der Waals surface area contributed by atoms with Crippen LogP contribution in [0.15, 0.2) is 72.4 Å². The van der Waals surface area contributed by atoms with Gasteiger partial charge in [-0.1, -0.05) is 30.3 Å². The first-order chi connectivity index (χ1) is 15.1. The molecule has 0 aliphatic carbocycles. The highest BCUT2D eigenvalue weighted by Gasteiger charge is 2.24. The van der Waals surface area contributed by atoms with Gasteiger partial charge in [0.15, 0.2) is 0 Å². The van der Waals surface area contributed by atoms with Crippen molar-refractivity contribution in [2.45, 2.75) is 12.5 Å². The SMILES string of the molecule is O=C(NNC(=O)C(Cc1c[nH]c2ccccc12)NC(=O)c1cccs1)c1ccccn1. The highest BCUT2D eigenvalue weighted by molar-refractivity contribution is 7.12. The van der Waals surface area contributed by atoms with Crippen LogP contribution in [-0.2, 0) is 11.2 Å². The summed E-state index contributed by atoms with van der Waals surface area (Å²) < 4.78 is 0. The third kappa shape index (κ3) is 4.78. The molecule has 1 unspecified atom stereocenters. The van der Waals surface area contributed by atoms with E-state index in [0.717, 1.165) is 16.5 Å². The molecule has 9 heteroatoms. The molecule has 4 rings (SSSR count). The van der Waals surface area contributed by atoms with Crippen LogP contribution in [-0.4, -0.2) is 33.7 Å². The lowest BCUT2D eigenvalue weighted by Gasteiger charge is -2.18. The number of carbonyl (C=O) groups is 3. The van der Waals surface area contributed by atoms with E-state index < -0.39 is 17.9 Å². The zero-order valence-electron chi connectivity index (χ0n) is 16.3. The number of aromatic amines is 1. The van der Waals surface area contributed by atoms with Crippen molar-refractivity contribution in [1.29, 1.82) is 0 Å². The Morgan fingerprint density at radius 3 is 2.58 bits per heavy atom. The second kappa shape index (κ2) is 9.23. The number of H-pyrrole nitrogens is 1. The number of para-hydroxylation sites is 1. The van der Waals surface area contributed by atoms with Gasteiger partial charge in [0.05, 0.1) is 4.88 Å². The summed E-state index contributed by atoms with van der Waals surface area (Å²) in [5.74, 6) is -1.45. The molecule has 0 radical (unpaired) electrons. The fourth-order valence-electron chi connectivity index (χ4n) is 3.13. The second-order valence-corrected chi connectivity index (χ2v) is 7.67. The average molecular weight is 433 g/mol. The van der Waals surface area contributed by atoms with E-state index in [-0.39, 0.29) is 18.0 Å². The molecule has 156 valence electrons. The summed E-state index contributed by atoms with van der Waals surface area (Å²) in [6.07, 6.45) is 3.54. The van der Waals surface area contributed by atoms with Gasteiger partial charge in [-0.25, -0.2) is 0 Å². The third-order valence-corrected chi connectivity index (χ3v) is 5.53. The molecular weight excluding hydrogens is 414 g/mol. The lowest BCUT2D eigenvalue weighted by atomic mass is 10.0. The highest BCUT2D eigenvalue weighted by atomic mass is 32.1. The molecule has 8 nitrogen and oxygen atoms in total. The number of aromatic nitrogens is 2. The molecule has 0 bridgehead atoms. The molecule has 0 saturated heterocycles. The predicted molar refractivity (Wildman–Crippen MR) is 117 cm³/mol. The summed E-state index contributed by atoms with van der Waals surface area (Å²) in [4.78, 5) is 45.3. The molecule has 0 spiro atoms. The Balaban J connectivity index is 1.50. The quantitative estimate of drug-likeness (QED) is 0.350. The molecule has 3 amide bonds. The van der Waals surface area contributed by atoms with Gasteiger partial charge in [-0.05, 0) is 35.2 Å². The van der Waals surface area contributed by atoms with E-state index in [4.69, 9.17) is 0 Å². The van der Waals surface area contributed by atoms with Gasteiger partial charge < -0.3 is 10.3 Å². The molecule has 4 aromatic rings. The van der Waals surface area contributed by atoms with Crippen LogP contribution < -0.4 is 16.2 Å². The number of rotatable bonds is 6. The lowest BCUT2D eigenvalue weighted by Crippen LogP contribution is -2.53. The Labute approximate surface area is 181 Å². The van der Waals surface area contributed by atoms with Gasteiger partial charge in [-0.2, -0.15) is 0 Å². The summed E-state index contributed by atoms with van der Waals surface area (Å²) in [6.45, 7) is 0. The third-order valence-electron chi connectivity index (χ3n) is 4.66. The van der Waals surface area contributed by atoms with Gasteiger partial charge in [-0.3, -0.25) is 30.2 Å². The minimum absolute atomic E-state index is 0.165. The van der Waals surface area contributed by atoms with Crippen molar-refractivity contribution >= 4 is 40.0 Å². The molecular formula is C22H19N5O3S. The molecule has 0 aliphatic rings. The highest BCUT2D eigenvalue weighted by Crippen LogP contribution is 2.19. The van der Waals surface area contributed by atoms with Crippen molar-refractivity contribution in [2.24, 2.45) is 0 Å². The van der Waals surface area contributed by atoms with E-state index in [1.165, 1.54) is 23.6 Å². The van der Waals surface area contributed by atoms with Crippen molar-refractivity contribution in [3.63, 3.8) is 0 Å². The number of pyridine rings is 1. The van der Waals surface area contributed by atoms with Gasteiger partial charge in [0.2, 0.25) is 0 Å². The smallest absolute Gasteiger partial charge is 0.288 e. The van der Waals surface area contributed by atoms with Crippen LogP contribution in [0, 0.1) is 0 Å². The zero-order chi connectivity index (χ0) is 21.6. The number of thiophene rings is 1. The summed E-state index contributed by atoms with van der Waals surface area (Å²) in [5.41, 5.74) is 6.71. The van der Waals surface area contributed by atoms with Gasteiger partial charge in [0.25, 0.3) is 17.7 Å². The Kier molecular flexibility index (Phi) is 6.04. The van der Waals surface area contributed by atoms with Gasteiger partial charge >= 0.3 is 0 Å². The number of amides is 3. The monoisotopic (exact) mass is 433 g/mol. The summed E-state index contributed by atoms with van der Waals surface area (Å²) in [7, 11) is 0. The van der Waals surface area contributed by atoms with Crippen molar-refractivity contribution in [3.05, 3.63) is 88.5 Å². The molecule has 1 aromatic carbocycles. The van der Waals surface area contributed by atoms with Crippen LogP contribution in [0.5, 0.6) is 0 Å². The molecule has 4 N–H and O–H groups in total. The number of fused-ring (bicyclic) bond motifs is 1. The summed E-state index contributed by atoms with van der Waals surface area (Å²) >= 11 is 1.28. The van der Waals surface area contributed by atoms with E-state index >= 15 is 0 Å². The van der Waals surface area contributed by atoms with Crippen LogP contribution >= 0.6 is 11.3 Å².